The summed E-state index contributed by atoms with van der Waals surface area (Å²) in [6, 6.07) is 11.4. The van der Waals surface area contributed by atoms with Crippen molar-refractivity contribution in [2.24, 2.45) is 5.92 Å². The van der Waals surface area contributed by atoms with Crippen LogP contribution in [0.1, 0.15) is 35.4 Å². The number of benzene rings is 1. The molecule has 0 unspecified atom stereocenters. The lowest BCUT2D eigenvalue weighted by Crippen LogP contribution is -2.73. The minimum absolute atomic E-state index is 0.00776. The van der Waals surface area contributed by atoms with Crippen molar-refractivity contribution in [1.29, 1.82) is 0 Å². The van der Waals surface area contributed by atoms with Gasteiger partial charge in [-0.25, -0.2) is 0 Å². The Morgan fingerprint density at radius 1 is 1.19 bits per heavy atom. The molecule has 6 heteroatoms. The number of hydrogen-bond donors (Lipinski definition) is 1. The summed E-state index contributed by atoms with van der Waals surface area (Å²) in [6.45, 7) is 0.462. The summed E-state index contributed by atoms with van der Waals surface area (Å²) in [5, 5.41) is 9.95. The molecule has 2 aromatic rings. The molecule has 1 aromatic carbocycles. The standard InChI is InChI=1S/C25H25N3O3/c29-16-22-25(20-9-7-18(8-10-20)6-5-17-3-4-17)21-14-27(15-24(31)28(21)22)23(30)12-19-2-1-11-26-13-19/h1-2,7-11,13,17,21-22,25,29H,3-4,12,14-16H2/t21-,22-,25-/m0/s1. The van der Waals surface area contributed by atoms with Gasteiger partial charge in [0, 0.05) is 36.3 Å². The maximum absolute atomic E-state index is 12.8. The SMILES string of the molecule is O=C(Cc1cccnc1)N1CC(=O)N2[C@@H](CO)[C@@H](c3ccc(C#CC4CC4)cc3)[C@@H]2C1. The number of aliphatic hydroxyl groups excluding tert-OH is 1. The van der Waals surface area contributed by atoms with Gasteiger partial charge in [0.25, 0.3) is 0 Å². The van der Waals surface area contributed by atoms with Gasteiger partial charge in [0.05, 0.1) is 31.7 Å². The molecule has 158 valence electrons. The minimum atomic E-state index is -0.239. The molecule has 6 nitrogen and oxygen atoms in total. The molecule has 2 saturated heterocycles. The van der Waals surface area contributed by atoms with E-state index in [1.165, 1.54) is 12.8 Å². The van der Waals surface area contributed by atoms with Gasteiger partial charge in [-0.15, -0.1) is 0 Å². The lowest BCUT2D eigenvalue weighted by molar-refractivity contribution is -0.166. The van der Waals surface area contributed by atoms with Crippen LogP contribution in [0.15, 0.2) is 48.8 Å². The zero-order valence-corrected chi connectivity index (χ0v) is 17.3. The number of nitrogens with zero attached hydrogens (tertiary/aromatic N) is 3. The van der Waals surface area contributed by atoms with Crippen molar-refractivity contribution in [3.8, 4) is 11.8 Å². The normalized spacial score (nSPS) is 24.7. The zero-order chi connectivity index (χ0) is 21.4. The fourth-order valence-corrected chi connectivity index (χ4v) is 4.68. The Morgan fingerprint density at radius 3 is 2.68 bits per heavy atom. The molecule has 31 heavy (non-hydrogen) atoms. The number of hydrogen-bond acceptors (Lipinski definition) is 4. The van der Waals surface area contributed by atoms with E-state index in [-0.39, 0.29) is 49.4 Å². The third-order valence-corrected chi connectivity index (χ3v) is 6.48. The van der Waals surface area contributed by atoms with Crippen LogP contribution in [-0.2, 0) is 16.0 Å². The van der Waals surface area contributed by atoms with E-state index in [4.69, 9.17) is 0 Å². The molecule has 3 fully saturated rings. The van der Waals surface area contributed by atoms with Gasteiger partial charge in [0.2, 0.25) is 11.8 Å². The van der Waals surface area contributed by atoms with Crippen LogP contribution in [0.2, 0.25) is 0 Å². The van der Waals surface area contributed by atoms with E-state index in [0.717, 1.165) is 16.7 Å². The van der Waals surface area contributed by atoms with Crippen LogP contribution in [0.5, 0.6) is 0 Å². The first-order valence-electron chi connectivity index (χ1n) is 10.8. The fourth-order valence-electron chi connectivity index (χ4n) is 4.68. The first-order chi connectivity index (χ1) is 15.1. The van der Waals surface area contributed by atoms with E-state index >= 15 is 0 Å². The average molecular weight is 415 g/mol. The van der Waals surface area contributed by atoms with Crippen LogP contribution in [0.25, 0.3) is 0 Å². The first-order valence-corrected chi connectivity index (χ1v) is 10.8. The van der Waals surface area contributed by atoms with Gasteiger partial charge in [0.1, 0.15) is 0 Å². The monoisotopic (exact) mass is 415 g/mol. The van der Waals surface area contributed by atoms with Crippen LogP contribution in [0.3, 0.4) is 0 Å². The van der Waals surface area contributed by atoms with Crippen LogP contribution in [-0.4, -0.2) is 63.5 Å². The van der Waals surface area contributed by atoms with Crippen molar-refractivity contribution in [2.45, 2.75) is 37.3 Å². The van der Waals surface area contributed by atoms with Crippen molar-refractivity contribution in [2.75, 3.05) is 19.7 Å². The molecule has 0 radical (unpaired) electrons. The highest BCUT2D eigenvalue weighted by molar-refractivity contribution is 5.88. The maximum atomic E-state index is 12.8. The minimum Gasteiger partial charge on any atom is -0.394 e. The molecule has 0 spiro atoms. The summed E-state index contributed by atoms with van der Waals surface area (Å²) in [4.78, 5) is 33.1. The Balaban J connectivity index is 1.31. The van der Waals surface area contributed by atoms with E-state index in [1.807, 2.05) is 30.3 Å². The number of carbonyl (C=O) groups is 2. The summed E-state index contributed by atoms with van der Waals surface area (Å²) < 4.78 is 0. The Labute approximate surface area is 181 Å². The van der Waals surface area contributed by atoms with Crippen LogP contribution >= 0.6 is 0 Å². The van der Waals surface area contributed by atoms with E-state index in [1.54, 1.807) is 28.3 Å². The molecule has 3 atom stereocenters. The molecule has 1 saturated carbocycles. The highest BCUT2D eigenvalue weighted by Gasteiger charge is 2.54. The molecule has 2 amide bonds. The van der Waals surface area contributed by atoms with Crippen molar-refractivity contribution < 1.29 is 14.7 Å². The highest BCUT2D eigenvalue weighted by atomic mass is 16.3. The highest BCUT2D eigenvalue weighted by Crippen LogP contribution is 2.43. The molecule has 3 heterocycles. The first kappa shape index (κ1) is 19.8. The van der Waals surface area contributed by atoms with E-state index < -0.39 is 0 Å². The van der Waals surface area contributed by atoms with E-state index in [0.29, 0.717) is 12.5 Å². The van der Waals surface area contributed by atoms with Crippen LogP contribution in [0, 0.1) is 17.8 Å². The van der Waals surface area contributed by atoms with Crippen molar-refractivity contribution >= 4 is 11.8 Å². The van der Waals surface area contributed by atoms with Gasteiger partial charge in [-0.05, 0) is 42.2 Å². The average Bonchev–Trinajstić information content (AvgIpc) is 3.60. The second-order valence-electron chi connectivity index (χ2n) is 8.62. The topological polar surface area (TPSA) is 73.7 Å². The molecular weight excluding hydrogens is 390 g/mol. The molecule has 5 rings (SSSR count). The number of fused-ring (bicyclic) bond motifs is 1. The zero-order valence-electron chi connectivity index (χ0n) is 17.3. The number of aromatic nitrogens is 1. The summed E-state index contributed by atoms with van der Waals surface area (Å²) in [6.07, 6.45) is 5.99. The Hall–Kier alpha value is -3.17. The third kappa shape index (κ3) is 3.94. The smallest absolute Gasteiger partial charge is 0.242 e. The number of rotatable bonds is 4. The molecule has 3 aliphatic rings. The second kappa shape index (κ2) is 8.16. The largest absolute Gasteiger partial charge is 0.394 e. The van der Waals surface area contributed by atoms with Crippen molar-refractivity contribution in [1.82, 2.24) is 14.8 Å². The third-order valence-electron chi connectivity index (χ3n) is 6.48. The van der Waals surface area contributed by atoms with E-state index in [9.17, 15) is 14.7 Å². The molecule has 1 aromatic heterocycles. The van der Waals surface area contributed by atoms with Gasteiger partial charge in [-0.3, -0.25) is 14.6 Å². The van der Waals surface area contributed by atoms with Crippen molar-refractivity contribution in [3.63, 3.8) is 0 Å². The van der Waals surface area contributed by atoms with Gasteiger partial charge in [-0.1, -0.05) is 30.0 Å². The summed E-state index contributed by atoms with van der Waals surface area (Å²) >= 11 is 0. The Bertz CT molecular complexity index is 1040. The maximum Gasteiger partial charge on any atom is 0.242 e. The molecule has 1 aliphatic carbocycles. The Kier molecular flexibility index (Phi) is 5.21. The predicted octanol–water partition coefficient (Wildman–Crippen LogP) is 1.58. The summed E-state index contributed by atoms with van der Waals surface area (Å²) in [7, 11) is 0. The number of aliphatic hydroxyl groups is 1. The number of amides is 2. The van der Waals surface area contributed by atoms with E-state index in [2.05, 4.69) is 16.8 Å². The Morgan fingerprint density at radius 2 is 2.00 bits per heavy atom. The van der Waals surface area contributed by atoms with Gasteiger partial charge >= 0.3 is 0 Å². The van der Waals surface area contributed by atoms with Gasteiger partial charge < -0.3 is 14.9 Å². The molecule has 0 bridgehead atoms. The van der Waals surface area contributed by atoms with Crippen LogP contribution < -0.4 is 0 Å². The number of pyridine rings is 1. The number of piperazine rings is 1. The lowest BCUT2D eigenvalue weighted by Gasteiger charge is -2.58. The van der Waals surface area contributed by atoms with Crippen molar-refractivity contribution in [3.05, 3.63) is 65.5 Å². The molecule has 2 aliphatic heterocycles. The second-order valence-corrected chi connectivity index (χ2v) is 8.62. The number of carbonyl (C=O) groups excluding carboxylic acids is 2. The van der Waals surface area contributed by atoms with Gasteiger partial charge in [-0.2, -0.15) is 0 Å². The molecular formula is C25H25N3O3. The molecule has 1 N–H and O–H groups in total. The summed E-state index contributed by atoms with van der Waals surface area (Å²) in [5.41, 5.74) is 2.90. The summed E-state index contributed by atoms with van der Waals surface area (Å²) in [5.74, 6) is 6.88. The predicted molar refractivity (Wildman–Crippen MR) is 115 cm³/mol. The lowest BCUT2D eigenvalue weighted by atomic mass is 9.73. The quantitative estimate of drug-likeness (QED) is 0.770. The van der Waals surface area contributed by atoms with Crippen LogP contribution in [0.4, 0.5) is 0 Å². The van der Waals surface area contributed by atoms with Gasteiger partial charge in [0.15, 0.2) is 0 Å². The fraction of sp³-hybridized carbons (Fsp3) is 0.400.